The first-order valence-electron chi connectivity index (χ1n) is 7.81. The second-order valence-corrected chi connectivity index (χ2v) is 5.80. The molecule has 0 radical (unpaired) electrons. The summed E-state index contributed by atoms with van der Waals surface area (Å²) in [4.78, 5) is 2.57. The Kier molecular flexibility index (Phi) is 6.51. The highest BCUT2D eigenvalue weighted by molar-refractivity contribution is 5.23. The van der Waals surface area contributed by atoms with Crippen LogP contribution in [0, 0.1) is 5.92 Å². The van der Waals surface area contributed by atoms with Crippen molar-refractivity contribution in [3.05, 3.63) is 35.4 Å². The van der Waals surface area contributed by atoms with Gasteiger partial charge >= 0.3 is 0 Å². The third-order valence-electron chi connectivity index (χ3n) is 3.98. The minimum Gasteiger partial charge on any atom is -0.384 e. The molecule has 1 atom stereocenters. The molecule has 3 heteroatoms. The van der Waals surface area contributed by atoms with E-state index in [2.05, 4.69) is 41.4 Å². The average Bonchev–Trinajstić information content (AvgIpc) is 2.46. The van der Waals surface area contributed by atoms with Crippen LogP contribution in [0.15, 0.2) is 24.3 Å². The van der Waals surface area contributed by atoms with Crippen molar-refractivity contribution in [1.29, 1.82) is 0 Å². The molecule has 1 aromatic carbocycles. The van der Waals surface area contributed by atoms with Crippen molar-refractivity contribution in [3.63, 3.8) is 0 Å². The molecule has 1 aliphatic rings. The Labute approximate surface area is 123 Å². The van der Waals surface area contributed by atoms with Crippen LogP contribution in [0.2, 0.25) is 0 Å². The molecule has 0 bridgehead atoms. The Balaban J connectivity index is 1.88. The lowest BCUT2D eigenvalue weighted by molar-refractivity contribution is 0.0874. The topological polar surface area (TPSA) is 24.5 Å². The Hall–Kier alpha value is -0.900. The van der Waals surface area contributed by atoms with Crippen molar-refractivity contribution < 1.29 is 4.74 Å². The highest BCUT2D eigenvalue weighted by Crippen LogP contribution is 2.19. The van der Waals surface area contributed by atoms with Gasteiger partial charge in [0.2, 0.25) is 0 Å². The van der Waals surface area contributed by atoms with Crippen LogP contribution in [0.25, 0.3) is 0 Å². The summed E-state index contributed by atoms with van der Waals surface area (Å²) in [5.74, 6) is 0.707. The maximum atomic E-state index is 5.31. The first-order valence-corrected chi connectivity index (χ1v) is 7.81. The molecule has 112 valence electrons. The van der Waals surface area contributed by atoms with E-state index in [1.54, 1.807) is 0 Å². The predicted octanol–water partition coefficient (Wildman–Crippen LogP) is 2.65. The van der Waals surface area contributed by atoms with Gasteiger partial charge in [0, 0.05) is 26.7 Å². The highest BCUT2D eigenvalue weighted by atomic mass is 16.5. The summed E-state index contributed by atoms with van der Waals surface area (Å²) in [5.41, 5.74) is 2.81. The zero-order valence-corrected chi connectivity index (χ0v) is 12.9. The fourth-order valence-electron chi connectivity index (χ4n) is 3.03. The Morgan fingerprint density at radius 1 is 1.35 bits per heavy atom. The number of likely N-dealkylation sites (tertiary alicyclic amines) is 1. The number of benzene rings is 1. The lowest BCUT2D eigenvalue weighted by Crippen LogP contribution is -2.36. The van der Waals surface area contributed by atoms with Gasteiger partial charge in [-0.1, -0.05) is 31.2 Å². The van der Waals surface area contributed by atoms with Crippen LogP contribution in [-0.2, 0) is 17.8 Å². The zero-order valence-electron chi connectivity index (χ0n) is 12.9. The summed E-state index contributed by atoms with van der Waals surface area (Å²) >= 11 is 0. The van der Waals surface area contributed by atoms with E-state index in [-0.39, 0.29) is 0 Å². The summed E-state index contributed by atoms with van der Waals surface area (Å²) in [6.45, 7) is 8.50. The molecule has 1 aromatic rings. The summed E-state index contributed by atoms with van der Waals surface area (Å²) in [5, 5.41) is 3.39. The molecule has 1 heterocycles. The first-order chi connectivity index (χ1) is 9.81. The SMILES string of the molecule is CCNCc1cccc(CN2CCCC(COC)C2)c1. The third kappa shape index (κ3) is 4.89. The second kappa shape index (κ2) is 8.40. The standard InChI is InChI=1S/C17H28N2O/c1-3-18-11-15-6-4-7-16(10-15)12-19-9-5-8-17(13-19)14-20-2/h4,6-7,10,17-18H,3,5,8-9,11-14H2,1-2H3. The number of piperidine rings is 1. The number of hydrogen-bond acceptors (Lipinski definition) is 3. The fourth-order valence-corrected chi connectivity index (χ4v) is 3.03. The van der Waals surface area contributed by atoms with Gasteiger partial charge in [0.05, 0.1) is 6.61 Å². The molecule has 1 aliphatic heterocycles. The van der Waals surface area contributed by atoms with E-state index in [0.29, 0.717) is 5.92 Å². The molecule has 0 saturated carbocycles. The molecule has 3 nitrogen and oxygen atoms in total. The minimum atomic E-state index is 0.707. The summed E-state index contributed by atoms with van der Waals surface area (Å²) < 4.78 is 5.31. The Bertz CT molecular complexity index is 392. The quantitative estimate of drug-likeness (QED) is 0.828. The maximum absolute atomic E-state index is 5.31. The lowest BCUT2D eigenvalue weighted by atomic mass is 9.98. The van der Waals surface area contributed by atoms with E-state index in [1.165, 1.54) is 37.1 Å². The number of nitrogens with zero attached hydrogens (tertiary/aromatic N) is 1. The number of methoxy groups -OCH3 is 1. The van der Waals surface area contributed by atoms with Crippen LogP contribution in [0.1, 0.15) is 30.9 Å². The Morgan fingerprint density at radius 3 is 3.00 bits per heavy atom. The van der Waals surface area contributed by atoms with Crippen molar-refractivity contribution in [2.24, 2.45) is 5.92 Å². The predicted molar refractivity (Wildman–Crippen MR) is 83.7 cm³/mol. The van der Waals surface area contributed by atoms with Crippen LogP contribution in [0.5, 0.6) is 0 Å². The number of hydrogen-bond donors (Lipinski definition) is 1. The van der Waals surface area contributed by atoms with Gasteiger partial charge < -0.3 is 10.1 Å². The molecule has 2 rings (SSSR count). The van der Waals surface area contributed by atoms with Gasteiger partial charge in [-0.15, -0.1) is 0 Å². The van der Waals surface area contributed by atoms with E-state index < -0.39 is 0 Å². The van der Waals surface area contributed by atoms with Gasteiger partial charge in [-0.2, -0.15) is 0 Å². The molecule has 0 amide bonds. The molecule has 20 heavy (non-hydrogen) atoms. The number of rotatable bonds is 7. The second-order valence-electron chi connectivity index (χ2n) is 5.80. The first kappa shape index (κ1) is 15.5. The zero-order chi connectivity index (χ0) is 14.2. The van der Waals surface area contributed by atoms with E-state index in [4.69, 9.17) is 4.74 Å². The molecule has 1 unspecified atom stereocenters. The summed E-state index contributed by atoms with van der Waals surface area (Å²) in [7, 11) is 1.81. The van der Waals surface area contributed by atoms with Crippen LogP contribution < -0.4 is 5.32 Å². The van der Waals surface area contributed by atoms with Gasteiger partial charge in [0.15, 0.2) is 0 Å². The molecular weight excluding hydrogens is 248 g/mol. The largest absolute Gasteiger partial charge is 0.384 e. The van der Waals surface area contributed by atoms with Crippen molar-refractivity contribution in [2.75, 3.05) is 33.4 Å². The van der Waals surface area contributed by atoms with Gasteiger partial charge in [-0.05, 0) is 43.0 Å². The molecule has 0 aromatic heterocycles. The molecule has 0 aliphatic carbocycles. The monoisotopic (exact) mass is 276 g/mol. The smallest absolute Gasteiger partial charge is 0.0502 e. The normalized spacial score (nSPS) is 20.2. The van der Waals surface area contributed by atoms with Crippen LogP contribution in [-0.4, -0.2) is 38.3 Å². The van der Waals surface area contributed by atoms with E-state index >= 15 is 0 Å². The van der Waals surface area contributed by atoms with Crippen molar-refractivity contribution in [3.8, 4) is 0 Å². The summed E-state index contributed by atoms with van der Waals surface area (Å²) in [6.07, 6.45) is 2.61. The van der Waals surface area contributed by atoms with Gasteiger partial charge in [-0.25, -0.2) is 0 Å². The van der Waals surface area contributed by atoms with E-state index in [1.807, 2.05) is 7.11 Å². The molecule has 0 spiro atoms. The average molecular weight is 276 g/mol. The van der Waals surface area contributed by atoms with Crippen LogP contribution in [0.3, 0.4) is 0 Å². The Morgan fingerprint density at radius 2 is 2.20 bits per heavy atom. The number of nitrogens with one attached hydrogen (secondary N) is 1. The molecule has 1 N–H and O–H groups in total. The van der Waals surface area contributed by atoms with E-state index in [0.717, 1.165) is 26.2 Å². The maximum Gasteiger partial charge on any atom is 0.0502 e. The lowest BCUT2D eigenvalue weighted by Gasteiger charge is -2.32. The van der Waals surface area contributed by atoms with Gasteiger partial charge in [0.1, 0.15) is 0 Å². The fraction of sp³-hybridized carbons (Fsp3) is 0.647. The van der Waals surface area contributed by atoms with E-state index in [9.17, 15) is 0 Å². The molecular formula is C17H28N2O. The van der Waals surface area contributed by atoms with Crippen molar-refractivity contribution >= 4 is 0 Å². The highest BCUT2D eigenvalue weighted by Gasteiger charge is 2.19. The third-order valence-corrected chi connectivity index (χ3v) is 3.98. The van der Waals surface area contributed by atoms with Gasteiger partial charge in [0.25, 0.3) is 0 Å². The van der Waals surface area contributed by atoms with Crippen LogP contribution in [0.4, 0.5) is 0 Å². The molecule has 1 fully saturated rings. The molecule has 1 saturated heterocycles. The van der Waals surface area contributed by atoms with Crippen molar-refractivity contribution in [2.45, 2.75) is 32.9 Å². The summed E-state index contributed by atoms with van der Waals surface area (Å²) in [6, 6.07) is 8.96. The minimum absolute atomic E-state index is 0.707. The van der Waals surface area contributed by atoms with Crippen LogP contribution >= 0.6 is 0 Å². The number of ether oxygens (including phenoxy) is 1. The van der Waals surface area contributed by atoms with Gasteiger partial charge in [-0.3, -0.25) is 4.90 Å². The van der Waals surface area contributed by atoms with Crippen molar-refractivity contribution in [1.82, 2.24) is 10.2 Å².